The van der Waals surface area contributed by atoms with Gasteiger partial charge in [0.05, 0.1) is 18.4 Å². The lowest BCUT2D eigenvalue weighted by atomic mass is 10.1. The summed E-state index contributed by atoms with van der Waals surface area (Å²) in [5.41, 5.74) is 4.99. The van der Waals surface area contributed by atoms with Crippen LogP contribution in [0.3, 0.4) is 0 Å². The van der Waals surface area contributed by atoms with Gasteiger partial charge in [0.1, 0.15) is 6.61 Å². The first kappa shape index (κ1) is 20.9. The minimum absolute atomic E-state index is 0.132. The first-order chi connectivity index (χ1) is 15.1. The topological polar surface area (TPSA) is 51.1 Å². The number of aliphatic imine (C=N–C) groups is 1. The van der Waals surface area contributed by atoms with Crippen LogP contribution in [0.1, 0.15) is 27.0 Å². The summed E-state index contributed by atoms with van der Waals surface area (Å²) in [6, 6.07) is 19.2. The number of hydrogen-bond acceptors (Lipinski definition) is 4. The standard InChI is InChI=1S/C25H23ClN2O3/c1-27-21-14-24(31-16-18-7-5-6-17(12-18)15-26)23(30-2)13-20(21)25(29)28-11-10-19-8-3-4-9-22(19)28/h3-9,12-14H,1,10-11,15-16H2,2H3. The van der Waals surface area contributed by atoms with Crippen molar-refractivity contribution in [2.24, 2.45) is 4.99 Å². The molecule has 1 heterocycles. The number of halogens is 1. The maximum Gasteiger partial charge on any atom is 0.260 e. The van der Waals surface area contributed by atoms with Gasteiger partial charge in [-0.05, 0) is 42.0 Å². The fourth-order valence-electron chi connectivity index (χ4n) is 3.78. The Bertz CT molecular complexity index is 1130. The van der Waals surface area contributed by atoms with E-state index in [2.05, 4.69) is 11.7 Å². The molecule has 0 atom stereocenters. The van der Waals surface area contributed by atoms with Gasteiger partial charge in [-0.25, -0.2) is 0 Å². The molecular weight excluding hydrogens is 412 g/mol. The fraction of sp³-hybridized carbons (Fsp3) is 0.200. The second kappa shape index (κ2) is 9.23. The Morgan fingerprint density at radius 3 is 2.68 bits per heavy atom. The Morgan fingerprint density at radius 2 is 1.90 bits per heavy atom. The molecule has 5 nitrogen and oxygen atoms in total. The molecule has 0 bridgehead atoms. The number of rotatable bonds is 7. The van der Waals surface area contributed by atoms with E-state index in [4.69, 9.17) is 21.1 Å². The van der Waals surface area contributed by atoms with Gasteiger partial charge in [-0.15, -0.1) is 11.6 Å². The highest BCUT2D eigenvalue weighted by molar-refractivity contribution is 6.17. The van der Waals surface area contributed by atoms with Gasteiger partial charge in [-0.3, -0.25) is 9.79 Å². The summed E-state index contributed by atoms with van der Waals surface area (Å²) in [7, 11) is 1.55. The molecule has 0 spiro atoms. The molecule has 4 rings (SSSR count). The van der Waals surface area contributed by atoms with Gasteiger partial charge in [0, 0.05) is 24.2 Å². The number of benzene rings is 3. The summed E-state index contributed by atoms with van der Waals surface area (Å²) in [5.74, 6) is 1.28. The molecule has 0 fully saturated rings. The van der Waals surface area contributed by atoms with E-state index in [1.807, 2.05) is 48.5 Å². The largest absolute Gasteiger partial charge is 0.493 e. The summed E-state index contributed by atoms with van der Waals surface area (Å²) in [5, 5.41) is 0. The fourth-order valence-corrected chi connectivity index (χ4v) is 3.95. The van der Waals surface area contributed by atoms with Gasteiger partial charge in [-0.1, -0.05) is 42.5 Å². The highest BCUT2D eigenvalue weighted by atomic mass is 35.5. The normalized spacial score (nSPS) is 12.4. The predicted molar refractivity (Wildman–Crippen MR) is 124 cm³/mol. The molecule has 1 aliphatic rings. The first-order valence-electron chi connectivity index (χ1n) is 9.99. The van der Waals surface area contributed by atoms with E-state index < -0.39 is 0 Å². The number of alkyl halides is 1. The third-order valence-electron chi connectivity index (χ3n) is 5.36. The molecule has 0 radical (unpaired) electrons. The van der Waals surface area contributed by atoms with Crippen molar-refractivity contribution in [3.8, 4) is 11.5 Å². The van der Waals surface area contributed by atoms with Crippen LogP contribution in [-0.4, -0.2) is 26.3 Å². The number of methoxy groups -OCH3 is 1. The van der Waals surface area contributed by atoms with Crippen molar-refractivity contribution in [1.82, 2.24) is 0 Å². The lowest BCUT2D eigenvalue weighted by molar-refractivity contribution is 0.0989. The average Bonchev–Trinajstić information content (AvgIpc) is 3.26. The summed E-state index contributed by atoms with van der Waals surface area (Å²) < 4.78 is 11.5. The molecule has 1 aliphatic heterocycles. The summed E-state index contributed by atoms with van der Waals surface area (Å²) in [6.45, 7) is 4.62. The van der Waals surface area contributed by atoms with E-state index in [1.165, 1.54) is 0 Å². The zero-order chi connectivity index (χ0) is 21.8. The van der Waals surface area contributed by atoms with Crippen molar-refractivity contribution >= 4 is 35.6 Å². The van der Waals surface area contributed by atoms with E-state index in [-0.39, 0.29) is 5.91 Å². The molecular formula is C25H23ClN2O3. The minimum Gasteiger partial charge on any atom is -0.493 e. The van der Waals surface area contributed by atoms with Crippen molar-refractivity contribution in [2.45, 2.75) is 18.9 Å². The van der Waals surface area contributed by atoms with Gasteiger partial charge >= 0.3 is 0 Å². The Morgan fingerprint density at radius 1 is 1.10 bits per heavy atom. The number of ether oxygens (including phenoxy) is 2. The quantitative estimate of drug-likeness (QED) is 0.362. The van der Waals surface area contributed by atoms with Gasteiger partial charge < -0.3 is 14.4 Å². The van der Waals surface area contributed by atoms with Crippen LogP contribution in [0, 0.1) is 0 Å². The molecule has 1 amide bonds. The molecule has 0 saturated heterocycles. The van der Waals surface area contributed by atoms with Crippen LogP contribution in [-0.2, 0) is 18.9 Å². The molecule has 0 unspecified atom stereocenters. The Kier molecular flexibility index (Phi) is 6.23. The van der Waals surface area contributed by atoms with E-state index in [0.29, 0.717) is 41.8 Å². The smallest absolute Gasteiger partial charge is 0.260 e. The zero-order valence-corrected chi connectivity index (χ0v) is 18.1. The van der Waals surface area contributed by atoms with Crippen LogP contribution in [0.2, 0.25) is 0 Å². The number of amides is 1. The second-order valence-corrected chi connectivity index (χ2v) is 7.52. The van der Waals surface area contributed by atoms with Crippen molar-refractivity contribution in [2.75, 3.05) is 18.6 Å². The number of fused-ring (bicyclic) bond motifs is 1. The number of carbonyl (C=O) groups excluding carboxylic acids is 1. The summed E-state index contributed by atoms with van der Waals surface area (Å²) in [4.78, 5) is 19.2. The molecule has 158 valence electrons. The van der Waals surface area contributed by atoms with Gasteiger partial charge in [-0.2, -0.15) is 0 Å². The highest BCUT2D eigenvalue weighted by Gasteiger charge is 2.28. The summed E-state index contributed by atoms with van der Waals surface area (Å²) in [6.07, 6.45) is 0.832. The monoisotopic (exact) mass is 434 g/mol. The van der Waals surface area contributed by atoms with E-state index in [0.717, 1.165) is 28.8 Å². The Hall–Kier alpha value is -3.31. The first-order valence-corrected chi connectivity index (χ1v) is 10.5. The van der Waals surface area contributed by atoms with Crippen molar-refractivity contribution < 1.29 is 14.3 Å². The van der Waals surface area contributed by atoms with Crippen molar-refractivity contribution in [1.29, 1.82) is 0 Å². The van der Waals surface area contributed by atoms with Crippen LogP contribution in [0.15, 0.2) is 65.7 Å². The third-order valence-corrected chi connectivity index (χ3v) is 5.66. The van der Waals surface area contributed by atoms with E-state index >= 15 is 0 Å². The average molecular weight is 435 g/mol. The second-order valence-electron chi connectivity index (χ2n) is 7.26. The number of nitrogens with zero attached hydrogens (tertiary/aromatic N) is 2. The molecule has 6 heteroatoms. The number of anilines is 1. The third kappa shape index (κ3) is 4.28. The van der Waals surface area contributed by atoms with Crippen LogP contribution in [0.4, 0.5) is 11.4 Å². The Labute approximate surface area is 186 Å². The molecule has 0 aromatic heterocycles. The molecule has 3 aromatic carbocycles. The van der Waals surface area contributed by atoms with Crippen LogP contribution < -0.4 is 14.4 Å². The van der Waals surface area contributed by atoms with Crippen molar-refractivity contribution in [3.63, 3.8) is 0 Å². The van der Waals surface area contributed by atoms with Crippen molar-refractivity contribution in [3.05, 3.63) is 82.9 Å². The molecule has 31 heavy (non-hydrogen) atoms. The lowest BCUT2D eigenvalue weighted by Crippen LogP contribution is -2.29. The van der Waals surface area contributed by atoms with Crippen LogP contribution in [0.5, 0.6) is 11.5 Å². The number of carbonyl (C=O) groups is 1. The minimum atomic E-state index is -0.132. The number of para-hydroxylation sites is 1. The van der Waals surface area contributed by atoms with E-state index in [9.17, 15) is 4.79 Å². The van der Waals surface area contributed by atoms with Gasteiger partial charge in [0.15, 0.2) is 11.5 Å². The zero-order valence-electron chi connectivity index (χ0n) is 17.3. The molecule has 0 N–H and O–H groups in total. The maximum absolute atomic E-state index is 13.3. The Balaban J connectivity index is 1.61. The van der Waals surface area contributed by atoms with Crippen LogP contribution in [0.25, 0.3) is 0 Å². The SMILES string of the molecule is C=Nc1cc(OCc2cccc(CCl)c2)c(OC)cc1C(=O)N1CCc2ccccc21. The summed E-state index contributed by atoms with van der Waals surface area (Å²) >= 11 is 5.92. The number of hydrogen-bond donors (Lipinski definition) is 0. The maximum atomic E-state index is 13.3. The predicted octanol–water partition coefficient (Wildman–Crippen LogP) is 5.55. The molecule has 3 aromatic rings. The highest BCUT2D eigenvalue weighted by Crippen LogP contribution is 2.38. The molecule has 0 aliphatic carbocycles. The van der Waals surface area contributed by atoms with E-state index in [1.54, 1.807) is 24.1 Å². The lowest BCUT2D eigenvalue weighted by Gasteiger charge is -2.20. The van der Waals surface area contributed by atoms with Crippen LogP contribution >= 0.6 is 11.6 Å². The van der Waals surface area contributed by atoms with Gasteiger partial charge in [0.2, 0.25) is 0 Å². The van der Waals surface area contributed by atoms with Gasteiger partial charge in [0.25, 0.3) is 5.91 Å². The molecule has 0 saturated carbocycles.